The molecular formula is C19H20ClNO5. The quantitative estimate of drug-likeness (QED) is 0.742. The van der Waals surface area contributed by atoms with Crippen molar-refractivity contribution in [1.82, 2.24) is 0 Å². The maximum atomic E-state index is 12.1. The van der Waals surface area contributed by atoms with Crippen LogP contribution in [0.1, 0.15) is 22.8 Å². The number of halogens is 1. The third-order valence-corrected chi connectivity index (χ3v) is 3.98. The van der Waals surface area contributed by atoms with E-state index in [0.717, 1.165) is 5.56 Å². The molecule has 2 rings (SSSR count). The summed E-state index contributed by atoms with van der Waals surface area (Å²) in [6, 6.07) is 9.85. The van der Waals surface area contributed by atoms with Gasteiger partial charge in [0.15, 0.2) is 18.1 Å². The van der Waals surface area contributed by atoms with Crippen molar-refractivity contribution in [2.75, 3.05) is 25.6 Å². The van der Waals surface area contributed by atoms with Gasteiger partial charge < -0.3 is 19.5 Å². The highest BCUT2D eigenvalue weighted by Crippen LogP contribution is 2.28. The van der Waals surface area contributed by atoms with Crippen molar-refractivity contribution in [2.45, 2.75) is 13.8 Å². The highest BCUT2D eigenvalue weighted by Gasteiger charge is 2.14. The van der Waals surface area contributed by atoms with Crippen LogP contribution in [0.4, 0.5) is 5.69 Å². The Kier molecular flexibility index (Phi) is 6.86. The number of benzene rings is 2. The minimum Gasteiger partial charge on any atom is -0.493 e. The summed E-state index contributed by atoms with van der Waals surface area (Å²) < 4.78 is 15.6. The van der Waals surface area contributed by atoms with Crippen molar-refractivity contribution in [3.63, 3.8) is 0 Å². The Bertz CT molecular complexity index is 807. The van der Waals surface area contributed by atoms with E-state index in [1.807, 2.05) is 6.92 Å². The molecule has 6 nitrogen and oxygen atoms in total. The number of esters is 1. The number of carbonyl (C=O) groups is 2. The lowest BCUT2D eigenvalue weighted by atomic mass is 10.2. The first-order chi connectivity index (χ1) is 12.5. The van der Waals surface area contributed by atoms with Crippen molar-refractivity contribution in [3.05, 3.63) is 52.5 Å². The summed E-state index contributed by atoms with van der Waals surface area (Å²) in [6.45, 7) is 3.70. The maximum absolute atomic E-state index is 12.1. The van der Waals surface area contributed by atoms with E-state index in [-0.39, 0.29) is 5.56 Å². The zero-order valence-corrected chi connectivity index (χ0v) is 15.6. The molecule has 0 aliphatic carbocycles. The molecular weight excluding hydrogens is 358 g/mol. The van der Waals surface area contributed by atoms with Crippen LogP contribution in [0.25, 0.3) is 0 Å². The minimum atomic E-state index is -0.635. The molecule has 0 bridgehead atoms. The first-order valence-corrected chi connectivity index (χ1v) is 8.37. The molecule has 0 radical (unpaired) electrons. The second-order valence-corrected chi connectivity index (χ2v) is 5.74. The normalized spacial score (nSPS) is 10.2. The van der Waals surface area contributed by atoms with E-state index >= 15 is 0 Å². The van der Waals surface area contributed by atoms with Gasteiger partial charge in [0.2, 0.25) is 0 Å². The van der Waals surface area contributed by atoms with Crippen LogP contribution in [-0.4, -0.2) is 32.2 Å². The first-order valence-electron chi connectivity index (χ1n) is 7.99. The van der Waals surface area contributed by atoms with E-state index in [1.54, 1.807) is 37.3 Å². The zero-order valence-electron chi connectivity index (χ0n) is 14.8. The predicted molar refractivity (Wildman–Crippen MR) is 99.3 cm³/mol. The largest absolute Gasteiger partial charge is 0.493 e. The number of nitrogens with one attached hydrogen (secondary N) is 1. The Hall–Kier alpha value is -2.73. The molecule has 0 saturated heterocycles. The molecule has 7 heteroatoms. The topological polar surface area (TPSA) is 73.9 Å². The summed E-state index contributed by atoms with van der Waals surface area (Å²) in [5.74, 6) is -0.146. The molecule has 138 valence electrons. The van der Waals surface area contributed by atoms with Crippen molar-refractivity contribution in [3.8, 4) is 11.5 Å². The van der Waals surface area contributed by atoms with E-state index in [4.69, 9.17) is 25.8 Å². The fourth-order valence-corrected chi connectivity index (χ4v) is 2.39. The van der Waals surface area contributed by atoms with Crippen LogP contribution in [0.2, 0.25) is 5.02 Å². The number of rotatable bonds is 7. The minimum absolute atomic E-state index is 0.261. The number of carbonyl (C=O) groups excluding carboxylic acids is 2. The van der Waals surface area contributed by atoms with E-state index in [2.05, 4.69) is 5.32 Å². The van der Waals surface area contributed by atoms with Crippen LogP contribution in [0, 0.1) is 6.92 Å². The molecule has 0 unspecified atom stereocenters. The van der Waals surface area contributed by atoms with Gasteiger partial charge in [0.05, 0.1) is 19.3 Å². The number of ether oxygens (including phenoxy) is 3. The van der Waals surface area contributed by atoms with Gasteiger partial charge in [0.25, 0.3) is 5.91 Å². The lowest BCUT2D eigenvalue weighted by molar-refractivity contribution is -0.119. The van der Waals surface area contributed by atoms with Crippen LogP contribution in [0.3, 0.4) is 0 Å². The van der Waals surface area contributed by atoms with Gasteiger partial charge in [-0.3, -0.25) is 4.79 Å². The third kappa shape index (κ3) is 4.89. The van der Waals surface area contributed by atoms with Gasteiger partial charge in [0.1, 0.15) is 0 Å². The lowest BCUT2D eigenvalue weighted by Gasteiger charge is -2.11. The average molecular weight is 378 g/mol. The van der Waals surface area contributed by atoms with Gasteiger partial charge >= 0.3 is 5.97 Å². The van der Waals surface area contributed by atoms with Crippen molar-refractivity contribution in [1.29, 1.82) is 0 Å². The van der Waals surface area contributed by atoms with Crippen LogP contribution >= 0.6 is 11.6 Å². The van der Waals surface area contributed by atoms with Gasteiger partial charge in [-0.05, 0) is 49.7 Å². The number of anilines is 1. The van der Waals surface area contributed by atoms with Crippen molar-refractivity contribution < 1.29 is 23.8 Å². The number of amides is 1. The Morgan fingerprint density at radius 2 is 1.92 bits per heavy atom. The monoisotopic (exact) mass is 377 g/mol. The van der Waals surface area contributed by atoms with E-state index in [1.165, 1.54) is 13.2 Å². The SMILES string of the molecule is CCOc1ccc(C(=O)OCC(=O)Nc2cccc(Cl)c2C)cc1OC. The molecule has 1 amide bonds. The van der Waals surface area contributed by atoms with Gasteiger partial charge in [-0.25, -0.2) is 4.79 Å². The molecule has 0 saturated carbocycles. The second-order valence-electron chi connectivity index (χ2n) is 5.34. The first kappa shape index (κ1) is 19.6. The van der Waals surface area contributed by atoms with E-state index in [0.29, 0.717) is 28.8 Å². The van der Waals surface area contributed by atoms with Crippen LogP contribution in [0.15, 0.2) is 36.4 Å². The number of methoxy groups -OCH3 is 1. The Labute approximate surface area is 157 Å². The standard InChI is InChI=1S/C19H20ClNO5/c1-4-25-16-9-8-13(10-17(16)24-3)19(23)26-11-18(22)21-15-7-5-6-14(20)12(15)2/h5-10H,4,11H2,1-3H3,(H,21,22). The van der Waals surface area contributed by atoms with Gasteiger partial charge in [0, 0.05) is 10.7 Å². The number of hydrogen-bond donors (Lipinski definition) is 1. The molecule has 0 atom stereocenters. The lowest BCUT2D eigenvalue weighted by Crippen LogP contribution is -2.21. The summed E-state index contributed by atoms with van der Waals surface area (Å²) in [4.78, 5) is 24.1. The smallest absolute Gasteiger partial charge is 0.338 e. The summed E-state index contributed by atoms with van der Waals surface area (Å²) in [7, 11) is 1.48. The Morgan fingerprint density at radius 1 is 1.15 bits per heavy atom. The van der Waals surface area contributed by atoms with Crippen LogP contribution < -0.4 is 14.8 Å². The van der Waals surface area contributed by atoms with Crippen LogP contribution in [-0.2, 0) is 9.53 Å². The molecule has 26 heavy (non-hydrogen) atoms. The number of hydrogen-bond acceptors (Lipinski definition) is 5. The molecule has 0 aliphatic rings. The summed E-state index contributed by atoms with van der Waals surface area (Å²) in [5, 5.41) is 3.20. The highest BCUT2D eigenvalue weighted by molar-refractivity contribution is 6.31. The zero-order chi connectivity index (χ0) is 19.1. The fraction of sp³-hybridized carbons (Fsp3) is 0.263. The maximum Gasteiger partial charge on any atom is 0.338 e. The average Bonchev–Trinajstić information content (AvgIpc) is 2.64. The molecule has 2 aromatic rings. The molecule has 0 aliphatic heterocycles. The summed E-state index contributed by atoms with van der Waals surface area (Å²) in [6.07, 6.45) is 0. The summed E-state index contributed by atoms with van der Waals surface area (Å²) >= 11 is 6.01. The Morgan fingerprint density at radius 3 is 2.62 bits per heavy atom. The molecule has 2 aromatic carbocycles. The van der Waals surface area contributed by atoms with Crippen molar-refractivity contribution >= 4 is 29.2 Å². The van der Waals surface area contributed by atoms with Gasteiger partial charge in [-0.1, -0.05) is 17.7 Å². The fourth-order valence-electron chi connectivity index (χ4n) is 2.21. The predicted octanol–water partition coefficient (Wildman–Crippen LogP) is 3.85. The van der Waals surface area contributed by atoms with Gasteiger partial charge in [-0.15, -0.1) is 0 Å². The molecule has 1 N–H and O–H groups in total. The Balaban J connectivity index is 1.97. The van der Waals surface area contributed by atoms with E-state index < -0.39 is 18.5 Å². The molecule has 0 fully saturated rings. The highest BCUT2D eigenvalue weighted by atomic mass is 35.5. The van der Waals surface area contributed by atoms with E-state index in [9.17, 15) is 9.59 Å². The molecule has 0 spiro atoms. The molecule has 0 aromatic heterocycles. The third-order valence-electron chi connectivity index (χ3n) is 3.58. The molecule has 0 heterocycles. The van der Waals surface area contributed by atoms with Crippen LogP contribution in [0.5, 0.6) is 11.5 Å². The van der Waals surface area contributed by atoms with Gasteiger partial charge in [-0.2, -0.15) is 0 Å². The summed E-state index contributed by atoms with van der Waals surface area (Å²) in [5.41, 5.74) is 1.57. The van der Waals surface area contributed by atoms with Crippen molar-refractivity contribution in [2.24, 2.45) is 0 Å². The second kappa shape index (κ2) is 9.10.